The molecule has 0 aliphatic carbocycles. The molecule has 1 aromatic heterocycles. The molecule has 172 valence electrons. The van der Waals surface area contributed by atoms with Crippen molar-refractivity contribution < 1.29 is 14.3 Å². The smallest absolute Gasteiger partial charge is 0.258 e. The number of anilines is 2. The molecule has 2 atom stereocenters. The third-order valence-corrected chi connectivity index (χ3v) is 5.95. The fourth-order valence-corrected chi connectivity index (χ4v) is 4.24. The van der Waals surface area contributed by atoms with Gasteiger partial charge in [0.05, 0.1) is 26.3 Å². The molecule has 2 N–H and O–H groups in total. The van der Waals surface area contributed by atoms with Crippen LogP contribution in [0.5, 0.6) is 11.5 Å². The molecule has 3 aromatic carbocycles. The third-order valence-electron chi connectivity index (χ3n) is 5.95. The highest BCUT2D eigenvalue weighted by Gasteiger charge is 2.31. The van der Waals surface area contributed by atoms with E-state index in [1.807, 2.05) is 41.1 Å². The quantitative estimate of drug-likeness (QED) is 0.438. The minimum Gasteiger partial charge on any atom is -0.493 e. The number of aromatic nitrogens is 3. The maximum atomic E-state index is 12.9. The van der Waals surface area contributed by atoms with Gasteiger partial charge in [-0.2, -0.15) is 4.98 Å². The molecule has 0 bridgehead atoms. The maximum absolute atomic E-state index is 12.9. The van der Waals surface area contributed by atoms with E-state index in [2.05, 4.69) is 45.0 Å². The molecule has 1 aliphatic rings. The number of methoxy groups -OCH3 is 2. The van der Waals surface area contributed by atoms with Crippen molar-refractivity contribution in [1.29, 1.82) is 0 Å². The highest BCUT2D eigenvalue weighted by molar-refractivity contribution is 6.03. The Morgan fingerprint density at radius 2 is 1.62 bits per heavy atom. The first-order valence-corrected chi connectivity index (χ1v) is 11.0. The van der Waals surface area contributed by atoms with Gasteiger partial charge in [0, 0.05) is 5.56 Å². The first-order valence-electron chi connectivity index (χ1n) is 11.0. The number of nitrogens with one attached hydrogen (secondary N) is 2. The van der Waals surface area contributed by atoms with Gasteiger partial charge in [0.1, 0.15) is 0 Å². The van der Waals surface area contributed by atoms with E-state index in [4.69, 9.17) is 9.47 Å². The molecule has 0 saturated heterocycles. The molecular formula is C26H25N5O3. The number of benzene rings is 3. The average molecular weight is 456 g/mol. The Kier molecular flexibility index (Phi) is 5.86. The molecule has 0 spiro atoms. The molecule has 4 aromatic rings. The van der Waals surface area contributed by atoms with E-state index in [0.717, 1.165) is 12.0 Å². The van der Waals surface area contributed by atoms with E-state index < -0.39 is 0 Å². The van der Waals surface area contributed by atoms with Gasteiger partial charge >= 0.3 is 0 Å². The van der Waals surface area contributed by atoms with Crippen LogP contribution in [0.4, 0.5) is 11.9 Å². The number of hydrogen-bond donors (Lipinski definition) is 2. The van der Waals surface area contributed by atoms with E-state index in [0.29, 0.717) is 23.0 Å². The lowest BCUT2D eigenvalue weighted by atomic mass is 9.93. The summed E-state index contributed by atoms with van der Waals surface area (Å²) >= 11 is 0. The molecule has 5 rings (SSSR count). The second-order valence-corrected chi connectivity index (χ2v) is 8.00. The van der Waals surface area contributed by atoms with Crippen molar-refractivity contribution in [3.05, 3.63) is 95.6 Å². The second kappa shape index (κ2) is 9.27. The minimum absolute atomic E-state index is 0.0260. The van der Waals surface area contributed by atoms with Crippen LogP contribution in [0.15, 0.2) is 78.9 Å². The minimum atomic E-state index is -0.334. The monoisotopic (exact) mass is 455 g/mol. The van der Waals surface area contributed by atoms with E-state index >= 15 is 0 Å². The molecule has 0 unspecified atom stereocenters. The van der Waals surface area contributed by atoms with Crippen molar-refractivity contribution in [1.82, 2.24) is 14.8 Å². The molecular weight excluding hydrogens is 430 g/mol. The Morgan fingerprint density at radius 1 is 0.941 bits per heavy atom. The Morgan fingerprint density at radius 3 is 2.29 bits per heavy atom. The van der Waals surface area contributed by atoms with Crippen molar-refractivity contribution >= 4 is 17.8 Å². The van der Waals surface area contributed by atoms with E-state index in [-0.39, 0.29) is 23.9 Å². The Labute approximate surface area is 197 Å². The number of hydrogen-bond acceptors (Lipinski definition) is 6. The van der Waals surface area contributed by atoms with Crippen LogP contribution in [-0.4, -0.2) is 34.9 Å². The van der Waals surface area contributed by atoms with Crippen LogP contribution in [-0.2, 0) is 0 Å². The van der Waals surface area contributed by atoms with Crippen molar-refractivity contribution in [3.63, 3.8) is 0 Å². The predicted molar refractivity (Wildman–Crippen MR) is 130 cm³/mol. The van der Waals surface area contributed by atoms with Crippen LogP contribution in [0.1, 0.15) is 40.0 Å². The van der Waals surface area contributed by atoms with Crippen molar-refractivity contribution in [3.8, 4) is 11.5 Å². The van der Waals surface area contributed by atoms with Gasteiger partial charge in [0.25, 0.3) is 11.9 Å². The van der Waals surface area contributed by atoms with Gasteiger partial charge in [0.15, 0.2) is 11.5 Å². The number of carbonyl (C=O) groups is 1. The Hall–Kier alpha value is -4.33. The van der Waals surface area contributed by atoms with Gasteiger partial charge in [-0.25, -0.2) is 4.68 Å². The lowest BCUT2D eigenvalue weighted by Gasteiger charge is -2.31. The van der Waals surface area contributed by atoms with Crippen LogP contribution >= 0.6 is 0 Å². The predicted octanol–water partition coefficient (Wildman–Crippen LogP) is 4.69. The summed E-state index contributed by atoms with van der Waals surface area (Å²) in [4.78, 5) is 17.5. The second-order valence-electron chi connectivity index (χ2n) is 8.00. The van der Waals surface area contributed by atoms with Crippen LogP contribution in [0.25, 0.3) is 0 Å². The largest absolute Gasteiger partial charge is 0.493 e. The van der Waals surface area contributed by atoms with Gasteiger partial charge in [-0.1, -0.05) is 60.7 Å². The number of carbonyl (C=O) groups excluding carboxylic acids is 1. The Bertz CT molecular complexity index is 1290. The number of nitrogens with zero attached hydrogens (tertiary/aromatic N) is 3. The van der Waals surface area contributed by atoms with Gasteiger partial charge in [-0.15, -0.1) is 5.10 Å². The first-order chi connectivity index (χ1) is 16.7. The molecule has 8 nitrogen and oxygen atoms in total. The van der Waals surface area contributed by atoms with E-state index in [1.165, 1.54) is 12.7 Å². The lowest BCUT2D eigenvalue weighted by Crippen LogP contribution is -2.28. The maximum Gasteiger partial charge on any atom is 0.258 e. The van der Waals surface area contributed by atoms with Gasteiger partial charge in [-0.05, 0) is 35.7 Å². The zero-order chi connectivity index (χ0) is 23.5. The topological polar surface area (TPSA) is 90.3 Å². The van der Waals surface area contributed by atoms with Gasteiger partial charge in [0.2, 0.25) is 5.95 Å². The summed E-state index contributed by atoms with van der Waals surface area (Å²) in [7, 11) is 3.08. The molecule has 2 heterocycles. The first kappa shape index (κ1) is 21.5. The molecule has 1 aliphatic heterocycles. The van der Waals surface area contributed by atoms with E-state index in [1.54, 1.807) is 25.3 Å². The fourth-order valence-electron chi connectivity index (χ4n) is 4.24. The molecule has 8 heteroatoms. The molecule has 1 amide bonds. The summed E-state index contributed by atoms with van der Waals surface area (Å²) in [6, 6.07) is 25.5. The average Bonchev–Trinajstić information content (AvgIpc) is 3.30. The molecule has 34 heavy (non-hydrogen) atoms. The molecule has 0 fully saturated rings. The fraction of sp³-hybridized carbons (Fsp3) is 0.192. The number of rotatable bonds is 6. The zero-order valence-corrected chi connectivity index (χ0v) is 18.9. The van der Waals surface area contributed by atoms with Crippen molar-refractivity contribution in [2.24, 2.45) is 0 Å². The van der Waals surface area contributed by atoms with Crippen LogP contribution in [0.2, 0.25) is 0 Å². The lowest BCUT2D eigenvalue weighted by molar-refractivity contribution is 0.102. The van der Waals surface area contributed by atoms with E-state index in [9.17, 15) is 4.79 Å². The SMILES string of the molecule is COc1ccc(C(=O)Nc2nc3n(n2)[C@H](c2ccccc2)C[C@H](c2ccccc2)N3)cc1OC. The van der Waals surface area contributed by atoms with Gasteiger partial charge < -0.3 is 14.8 Å². The third kappa shape index (κ3) is 4.17. The number of ether oxygens (including phenoxy) is 2. The molecule has 0 radical (unpaired) electrons. The van der Waals surface area contributed by atoms with Crippen LogP contribution in [0.3, 0.4) is 0 Å². The highest BCUT2D eigenvalue weighted by atomic mass is 16.5. The Balaban J connectivity index is 1.45. The standard InChI is InChI=1S/C26H25N5O3/c1-33-22-14-13-19(15-23(22)34-2)24(32)28-25-29-26-27-20(17-9-5-3-6-10-17)16-21(31(26)30-25)18-11-7-4-8-12-18/h3-15,20-21H,16H2,1-2H3,(H2,27,28,29,30,32)/t20-,21+/m1/s1. The summed E-state index contributed by atoms with van der Waals surface area (Å²) in [6.07, 6.45) is 0.799. The number of fused-ring (bicyclic) bond motifs is 1. The highest BCUT2D eigenvalue weighted by Crippen LogP contribution is 2.38. The summed E-state index contributed by atoms with van der Waals surface area (Å²) in [6.45, 7) is 0. The normalized spacial score (nSPS) is 16.8. The van der Waals surface area contributed by atoms with Crippen LogP contribution in [0, 0.1) is 0 Å². The number of amides is 1. The molecule has 0 saturated carbocycles. The zero-order valence-electron chi connectivity index (χ0n) is 18.9. The summed E-state index contributed by atoms with van der Waals surface area (Å²) in [5.41, 5.74) is 2.72. The summed E-state index contributed by atoms with van der Waals surface area (Å²) in [5, 5.41) is 10.9. The van der Waals surface area contributed by atoms with Crippen molar-refractivity contribution in [2.75, 3.05) is 24.9 Å². The summed E-state index contributed by atoms with van der Waals surface area (Å²) in [5.74, 6) is 1.54. The van der Waals surface area contributed by atoms with Gasteiger partial charge in [-0.3, -0.25) is 10.1 Å². The summed E-state index contributed by atoms with van der Waals surface area (Å²) < 4.78 is 12.4. The van der Waals surface area contributed by atoms with Crippen molar-refractivity contribution in [2.45, 2.75) is 18.5 Å². The van der Waals surface area contributed by atoms with Crippen LogP contribution < -0.4 is 20.1 Å².